The standard InChI is InChI=1S/C25H33NO2/c1-5-20(4)28-23-18(2)16-22(17-19(23)3)26-24(27)25(14-10-7-11-15-25)21-12-8-6-9-13-21/h6,8-9,12-13,16-17,20H,5,7,10-11,14-15H2,1-4H3,(H,26,27)/t20-/m1/s1. The van der Waals surface area contributed by atoms with E-state index in [4.69, 9.17) is 4.74 Å². The van der Waals surface area contributed by atoms with E-state index in [0.717, 1.165) is 60.2 Å². The Morgan fingerprint density at radius 2 is 1.68 bits per heavy atom. The maximum atomic E-state index is 13.5. The summed E-state index contributed by atoms with van der Waals surface area (Å²) in [4.78, 5) is 13.5. The highest BCUT2D eigenvalue weighted by Gasteiger charge is 2.41. The van der Waals surface area contributed by atoms with Gasteiger partial charge in [0.05, 0.1) is 11.5 Å². The number of rotatable bonds is 6. The highest BCUT2D eigenvalue weighted by molar-refractivity contribution is 5.99. The lowest BCUT2D eigenvalue weighted by molar-refractivity contribution is -0.122. The van der Waals surface area contributed by atoms with Gasteiger partial charge < -0.3 is 10.1 Å². The van der Waals surface area contributed by atoms with Crippen molar-refractivity contribution >= 4 is 11.6 Å². The van der Waals surface area contributed by atoms with E-state index < -0.39 is 5.41 Å². The molecule has 1 aliphatic rings. The van der Waals surface area contributed by atoms with Crippen molar-refractivity contribution in [1.82, 2.24) is 0 Å². The van der Waals surface area contributed by atoms with Gasteiger partial charge in [-0.05, 0) is 68.9 Å². The molecule has 3 heteroatoms. The molecule has 0 bridgehead atoms. The van der Waals surface area contributed by atoms with Crippen molar-refractivity contribution in [3.8, 4) is 5.75 Å². The van der Waals surface area contributed by atoms with Crippen LogP contribution in [-0.2, 0) is 10.2 Å². The molecule has 1 saturated carbocycles. The number of amides is 1. The second-order valence-electron chi connectivity index (χ2n) is 8.24. The number of aryl methyl sites for hydroxylation is 2. The van der Waals surface area contributed by atoms with Gasteiger partial charge in [-0.1, -0.05) is 56.5 Å². The first-order chi connectivity index (χ1) is 13.5. The molecule has 0 heterocycles. The predicted octanol–water partition coefficient (Wildman–Crippen LogP) is 6.32. The topological polar surface area (TPSA) is 38.3 Å². The van der Waals surface area contributed by atoms with Gasteiger partial charge in [-0.3, -0.25) is 4.79 Å². The van der Waals surface area contributed by atoms with Crippen LogP contribution in [0.25, 0.3) is 0 Å². The van der Waals surface area contributed by atoms with Crippen LogP contribution in [0, 0.1) is 13.8 Å². The molecule has 3 nitrogen and oxygen atoms in total. The number of hydrogen-bond donors (Lipinski definition) is 1. The molecule has 2 aromatic rings. The van der Waals surface area contributed by atoms with E-state index in [9.17, 15) is 4.79 Å². The van der Waals surface area contributed by atoms with Gasteiger partial charge in [0.2, 0.25) is 5.91 Å². The molecule has 1 N–H and O–H groups in total. The molecule has 28 heavy (non-hydrogen) atoms. The summed E-state index contributed by atoms with van der Waals surface area (Å²) in [5.41, 5.74) is 3.70. The van der Waals surface area contributed by atoms with E-state index in [1.807, 2.05) is 44.2 Å². The largest absolute Gasteiger partial charge is 0.490 e. The average molecular weight is 380 g/mol. The Bertz CT molecular complexity index is 784. The minimum absolute atomic E-state index is 0.118. The van der Waals surface area contributed by atoms with Crippen LogP contribution in [-0.4, -0.2) is 12.0 Å². The first-order valence-electron chi connectivity index (χ1n) is 10.6. The van der Waals surface area contributed by atoms with Crippen LogP contribution in [0.3, 0.4) is 0 Å². The zero-order chi connectivity index (χ0) is 20.1. The van der Waals surface area contributed by atoms with Crippen LogP contribution in [0.5, 0.6) is 5.75 Å². The fourth-order valence-electron chi connectivity index (χ4n) is 4.30. The molecule has 1 aliphatic carbocycles. The van der Waals surface area contributed by atoms with Gasteiger partial charge >= 0.3 is 0 Å². The fourth-order valence-corrected chi connectivity index (χ4v) is 4.30. The zero-order valence-corrected chi connectivity index (χ0v) is 17.7. The van der Waals surface area contributed by atoms with Crippen LogP contribution < -0.4 is 10.1 Å². The summed E-state index contributed by atoms with van der Waals surface area (Å²) >= 11 is 0. The predicted molar refractivity (Wildman–Crippen MR) is 116 cm³/mol. The maximum Gasteiger partial charge on any atom is 0.235 e. The Morgan fingerprint density at radius 1 is 1.07 bits per heavy atom. The van der Waals surface area contributed by atoms with Crippen LogP contribution in [0.4, 0.5) is 5.69 Å². The minimum atomic E-state index is -0.423. The van der Waals surface area contributed by atoms with Crippen molar-refractivity contribution < 1.29 is 9.53 Å². The smallest absolute Gasteiger partial charge is 0.235 e. The van der Waals surface area contributed by atoms with Crippen LogP contribution in [0.1, 0.15) is 69.1 Å². The SMILES string of the molecule is CC[C@@H](C)Oc1c(C)cc(NC(=O)C2(c3ccccc3)CCCCC2)cc1C. The van der Waals surface area contributed by atoms with Crippen molar-refractivity contribution in [2.24, 2.45) is 0 Å². The number of nitrogens with one attached hydrogen (secondary N) is 1. The Balaban J connectivity index is 1.86. The second-order valence-corrected chi connectivity index (χ2v) is 8.24. The Kier molecular flexibility index (Phi) is 6.43. The van der Waals surface area contributed by atoms with E-state index in [2.05, 4.69) is 31.3 Å². The monoisotopic (exact) mass is 379 g/mol. The summed E-state index contributed by atoms with van der Waals surface area (Å²) in [6.45, 7) is 8.31. The zero-order valence-electron chi connectivity index (χ0n) is 17.7. The summed E-state index contributed by atoms with van der Waals surface area (Å²) in [5.74, 6) is 1.05. The van der Waals surface area contributed by atoms with Gasteiger partial charge in [-0.2, -0.15) is 0 Å². The van der Waals surface area contributed by atoms with Crippen LogP contribution >= 0.6 is 0 Å². The lowest BCUT2D eigenvalue weighted by Gasteiger charge is -2.36. The number of carbonyl (C=O) groups is 1. The van der Waals surface area contributed by atoms with Gasteiger partial charge in [-0.15, -0.1) is 0 Å². The third kappa shape index (κ3) is 4.24. The maximum absolute atomic E-state index is 13.5. The van der Waals surface area contributed by atoms with Crippen molar-refractivity contribution in [3.05, 3.63) is 59.2 Å². The molecule has 0 radical (unpaired) electrons. The van der Waals surface area contributed by atoms with E-state index in [1.165, 1.54) is 6.42 Å². The normalized spacial score (nSPS) is 17.0. The summed E-state index contributed by atoms with van der Waals surface area (Å²) in [6, 6.07) is 14.4. The Morgan fingerprint density at radius 3 is 2.25 bits per heavy atom. The molecule has 0 spiro atoms. The highest BCUT2D eigenvalue weighted by atomic mass is 16.5. The van der Waals surface area contributed by atoms with Crippen molar-refractivity contribution in [1.29, 1.82) is 0 Å². The summed E-state index contributed by atoms with van der Waals surface area (Å²) in [5, 5.41) is 3.23. The van der Waals surface area contributed by atoms with Crippen LogP contribution in [0.2, 0.25) is 0 Å². The summed E-state index contributed by atoms with van der Waals surface area (Å²) in [7, 11) is 0. The number of hydrogen-bond acceptors (Lipinski definition) is 2. The summed E-state index contributed by atoms with van der Waals surface area (Å²) in [6.07, 6.45) is 6.39. The third-order valence-electron chi connectivity index (χ3n) is 6.08. The van der Waals surface area contributed by atoms with Crippen molar-refractivity contribution in [2.75, 3.05) is 5.32 Å². The second kappa shape index (κ2) is 8.81. The van der Waals surface area contributed by atoms with Crippen LogP contribution in [0.15, 0.2) is 42.5 Å². The average Bonchev–Trinajstić information content (AvgIpc) is 2.71. The molecule has 0 saturated heterocycles. The molecule has 2 aromatic carbocycles. The molecular weight excluding hydrogens is 346 g/mol. The fraction of sp³-hybridized carbons (Fsp3) is 0.480. The van der Waals surface area contributed by atoms with E-state index >= 15 is 0 Å². The number of benzene rings is 2. The minimum Gasteiger partial charge on any atom is -0.490 e. The lowest BCUT2D eigenvalue weighted by Crippen LogP contribution is -2.42. The molecular formula is C25H33NO2. The van der Waals surface area contributed by atoms with E-state index in [-0.39, 0.29) is 12.0 Å². The van der Waals surface area contributed by atoms with E-state index in [1.54, 1.807) is 0 Å². The Labute approximate surface area is 169 Å². The third-order valence-corrected chi connectivity index (χ3v) is 6.08. The number of carbonyl (C=O) groups excluding carboxylic acids is 1. The first kappa shape index (κ1) is 20.4. The van der Waals surface area contributed by atoms with Gasteiger partial charge in [0.15, 0.2) is 0 Å². The van der Waals surface area contributed by atoms with Gasteiger partial charge in [-0.25, -0.2) is 0 Å². The Hall–Kier alpha value is -2.29. The van der Waals surface area contributed by atoms with Gasteiger partial charge in [0.1, 0.15) is 5.75 Å². The molecule has 0 aliphatic heterocycles. The molecule has 150 valence electrons. The lowest BCUT2D eigenvalue weighted by atomic mass is 9.68. The molecule has 1 fully saturated rings. The highest BCUT2D eigenvalue weighted by Crippen LogP contribution is 2.40. The summed E-state index contributed by atoms with van der Waals surface area (Å²) < 4.78 is 6.08. The molecule has 1 amide bonds. The molecule has 0 unspecified atom stereocenters. The van der Waals surface area contributed by atoms with Crippen molar-refractivity contribution in [2.45, 2.75) is 77.7 Å². The molecule has 1 atom stereocenters. The number of anilines is 1. The molecule has 0 aromatic heterocycles. The van der Waals surface area contributed by atoms with E-state index in [0.29, 0.717) is 0 Å². The quantitative estimate of drug-likeness (QED) is 0.637. The van der Waals surface area contributed by atoms with Gasteiger partial charge in [0, 0.05) is 5.69 Å². The van der Waals surface area contributed by atoms with Gasteiger partial charge in [0.25, 0.3) is 0 Å². The number of ether oxygens (including phenoxy) is 1. The first-order valence-corrected chi connectivity index (χ1v) is 10.6. The molecule has 3 rings (SSSR count). The van der Waals surface area contributed by atoms with Crippen molar-refractivity contribution in [3.63, 3.8) is 0 Å².